The summed E-state index contributed by atoms with van der Waals surface area (Å²) in [6, 6.07) is 14.7. The predicted molar refractivity (Wildman–Crippen MR) is 126 cm³/mol. The molecular weight excluding hydrogens is 458 g/mol. The summed E-state index contributed by atoms with van der Waals surface area (Å²) >= 11 is 1.50. The van der Waals surface area contributed by atoms with Crippen LogP contribution in [-0.4, -0.2) is 48.2 Å². The summed E-state index contributed by atoms with van der Waals surface area (Å²) in [5.74, 6) is 0.524. The second kappa shape index (κ2) is 8.23. The minimum atomic E-state index is -3.71. The standard InChI is InChI=1S/C24H25N3O4S2/c1-17-7-3-5-9-21(17)31-14-23(28)26-12-11-24(16-26)20-8-4-6-10-22(20)33(29,30)27(24)13-19-15-32-18(2)25-19/h3-10,15H,11-14,16H2,1-2H3/t24-/m1/s1. The number of likely N-dealkylation sites (tertiary alicyclic amines) is 1. The van der Waals surface area contributed by atoms with Gasteiger partial charge in [0.05, 0.1) is 27.7 Å². The molecule has 0 unspecified atom stereocenters. The number of sulfonamides is 1. The molecule has 2 aliphatic heterocycles. The third kappa shape index (κ3) is 3.74. The van der Waals surface area contributed by atoms with Gasteiger partial charge in [0.15, 0.2) is 6.61 Å². The molecule has 0 radical (unpaired) electrons. The van der Waals surface area contributed by atoms with E-state index in [9.17, 15) is 13.2 Å². The zero-order chi connectivity index (χ0) is 23.2. The van der Waals surface area contributed by atoms with Crippen molar-refractivity contribution in [3.63, 3.8) is 0 Å². The van der Waals surface area contributed by atoms with Gasteiger partial charge in [0.2, 0.25) is 10.0 Å². The van der Waals surface area contributed by atoms with Crippen molar-refractivity contribution in [2.75, 3.05) is 19.7 Å². The molecule has 7 nitrogen and oxygen atoms in total. The van der Waals surface area contributed by atoms with Crippen LogP contribution in [0.15, 0.2) is 58.8 Å². The normalized spacial score (nSPS) is 21.5. The summed E-state index contributed by atoms with van der Waals surface area (Å²) in [5.41, 5.74) is 1.64. The number of benzene rings is 2. The SMILES string of the molecule is Cc1nc(CN2[C@@]3(CCN(C(=O)COc4ccccc4C)C3)c3ccccc3S2(=O)=O)cs1. The van der Waals surface area contributed by atoms with E-state index in [0.29, 0.717) is 30.2 Å². The van der Waals surface area contributed by atoms with Crippen LogP contribution < -0.4 is 4.74 Å². The molecule has 5 rings (SSSR count). The Balaban J connectivity index is 1.43. The summed E-state index contributed by atoms with van der Waals surface area (Å²) in [4.78, 5) is 19.6. The molecule has 0 bridgehead atoms. The van der Waals surface area contributed by atoms with Gasteiger partial charge in [-0.3, -0.25) is 4.79 Å². The molecule has 3 aromatic rings. The molecule has 1 atom stereocenters. The van der Waals surface area contributed by atoms with Gasteiger partial charge in [-0.25, -0.2) is 13.4 Å². The van der Waals surface area contributed by atoms with E-state index in [1.54, 1.807) is 21.3 Å². The Morgan fingerprint density at radius 1 is 1.15 bits per heavy atom. The number of rotatable bonds is 5. The van der Waals surface area contributed by atoms with Crippen LogP contribution in [0.3, 0.4) is 0 Å². The van der Waals surface area contributed by atoms with Gasteiger partial charge in [0.25, 0.3) is 5.91 Å². The average Bonchev–Trinajstić information content (AvgIpc) is 3.47. The maximum Gasteiger partial charge on any atom is 0.260 e. The predicted octanol–water partition coefficient (Wildman–Crippen LogP) is 3.47. The van der Waals surface area contributed by atoms with E-state index in [1.807, 2.05) is 55.6 Å². The van der Waals surface area contributed by atoms with Crippen LogP contribution in [0.1, 0.15) is 28.2 Å². The molecule has 0 aliphatic carbocycles. The summed E-state index contributed by atoms with van der Waals surface area (Å²) in [6.07, 6.45) is 0.530. The molecule has 1 spiro atoms. The summed E-state index contributed by atoms with van der Waals surface area (Å²) in [7, 11) is -3.71. The number of hydrogen-bond donors (Lipinski definition) is 0. The minimum Gasteiger partial charge on any atom is -0.484 e. The van der Waals surface area contributed by atoms with E-state index < -0.39 is 15.6 Å². The van der Waals surface area contributed by atoms with E-state index >= 15 is 0 Å². The van der Waals surface area contributed by atoms with Crippen molar-refractivity contribution >= 4 is 27.3 Å². The molecule has 2 aromatic carbocycles. The number of hydrogen-bond acceptors (Lipinski definition) is 6. The summed E-state index contributed by atoms with van der Waals surface area (Å²) < 4.78 is 34.4. The fraction of sp³-hybridized carbons (Fsp3) is 0.333. The minimum absolute atomic E-state index is 0.0827. The number of ether oxygens (including phenoxy) is 1. The number of carbonyl (C=O) groups excluding carboxylic acids is 1. The van der Waals surface area contributed by atoms with Gasteiger partial charge in [-0.1, -0.05) is 36.4 Å². The number of thiazole rings is 1. The third-order valence-electron chi connectivity index (χ3n) is 6.45. The average molecular weight is 484 g/mol. The van der Waals surface area contributed by atoms with E-state index in [-0.39, 0.29) is 19.1 Å². The smallest absolute Gasteiger partial charge is 0.260 e. The highest BCUT2D eigenvalue weighted by Crippen LogP contribution is 2.50. The first kappa shape index (κ1) is 22.1. The van der Waals surface area contributed by atoms with Gasteiger partial charge < -0.3 is 9.64 Å². The van der Waals surface area contributed by atoms with Crippen molar-refractivity contribution in [1.29, 1.82) is 0 Å². The van der Waals surface area contributed by atoms with Crippen LogP contribution in [0.4, 0.5) is 0 Å². The molecule has 3 heterocycles. The van der Waals surface area contributed by atoms with Gasteiger partial charge in [-0.05, 0) is 43.5 Å². The number of fused-ring (bicyclic) bond motifs is 2. The third-order valence-corrected chi connectivity index (χ3v) is 9.24. The largest absolute Gasteiger partial charge is 0.484 e. The topological polar surface area (TPSA) is 79.8 Å². The van der Waals surface area contributed by atoms with Gasteiger partial charge >= 0.3 is 0 Å². The summed E-state index contributed by atoms with van der Waals surface area (Å²) in [6.45, 7) is 4.70. The number of aromatic nitrogens is 1. The fourth-order valence-corrected chi connectivity index (χ4v) is 7.44. The van der Waals surface area contributed by atoms with Crippen LogP contribution in [0, 0.1) is 13.8 Å². The Hall–Kier alpha value is -2.75. The maximum atomic E-state index is 13.6. The Kier molecular flexibility index (Phi) is 5.50. The lowest BCUT2D eigenvalue weighted by atomic mass is 9.89. The highest BCUT2D eigenvalue weighted by molar-refractivity contribution is 7.89. The van der Waals surface area contributed by atoms with Crippen LogP contribution in [0.2, 0.25) is 0 Å². The van der Waals surface area contributed by atoms with Gasteiger partial charge in [-0.2, -0.15) is 4.31 Å². The van der Waals surface area contributed by atoms with Crippen molar-refractivity contribution in [2.24, 2.45) is 0 Å². The second-order valence-corrected chi connectivity index (χ2v) is 11.4. The molecule has 1 saturated heterocycles. The molecule has 9 heteroatoms. The van der Waals surface area contributed by atoms with E-state index in [0.717, 1.165) is 21.8 Å². The molecule has 1 fully saturated rings. The van der Waals surface area contributed by atoms with Crippen LogP contribution in [0.5, 0.6) is 5.75 Å². The van der Waals surface area contributed by atoms with E-state index in [2.05, 4.69) is 4.98 Å². The first-order valence-electron chi connectivity index (χ1n) is 10.8. The first-order chi connectivity index (χ1) is 15.8. The molecule has 33 heavy (non-hydrogen) atoms. The lowest BCUT2D eigenvalue weighted by Gasteiger charge is -2.33. The van der Waals surface area contributed by atoms with Crippen LogP contribution in [-0.2, 0) is 26.9 Å². The zero-order valence-electron chi connectivity index (χ0n) is 18.5. The molecule has 0 saturated carbocycles. The Morgan fingerprint density at radius 3 is 2.67 bits per heavy atom. The molecule has 0 N–H and O–H groups in total. The van der Waals surface area contributed by atoms with E-state index in [1.165, 1.54) is 11.3 Å². The number of carbonyl (C=O) groups is 1. The number of para-hydroxylation sites is 1. The lowest BCUT2D eigenvalue weighted by molar-refractivity contribution is -0.132. The van der Waals surface area contributed by atoms with E-state index in [4.69, 9.17) is 4.74 Å². The zero-order valence-corrected chi connectivity index (χ0v) is 20.2. The lowest BCUT2D eigenvalue weighted by Crippen LogP contribution is -2.46. The molecular formula is C24H25N3O4S2. The highest BCUT2D eigenvalue weighted by atomic mass is 32.2. The van der Waals surface area contributed by atoms with Crippen molar-refractivity contribution in [2.45, 2.75) is 37.2 Å². The molecule has 1 aromatic heterocycles. The van der Waals surface area contributed by atoms with Crippen molar-refractivity contribution in [3.05, 3.63) is 75.7 Å². The van der Waals surface area contributed by atoms with Crippen LogP contribution >= 0.6 is 11.3 Å². The molecule has 2 aliphatic rings. The Labute approximate surface area is 197 Å². The monoisotopic (exact) mass is 483 g/mol. The Morgan fingerprint density at radius 2 is 1.91 bits per heavy atom. The first-order valence-corrected chi connectivity index (χ1v) is 13.1. The van der Waals surface area contributed by atoms with Crippen molar-refractivity contribution < 1.29 is 17.9 Å². The summed E-state index contributed by atoms with van der Waals surface area (Å²) in [5, 5.41) is 2.79. The molecule has 172 valence electrons. The van der Waals surface area contributed by atoms with Crippen LogP contribution in [0.25, 0.3) is 0 Å². The maximum absolute atomic E-state index is 13.6. The quantitative estimate of drug-likeness (QED) is 0.555. The van der Waals surface area contributed by atoms with Crippen molar-refractivity contribution in [1.82, 2.24) is 14.2 Å². The Bertz CT molecular complexity index is 1320. The highest BCUT2D eigenvalue weighted by Gasteiger charge is 2.57. The van der Waals surface area contributed by atoms with Gasteiger partial charge in [0, 0.05) is 18.5 Å². The van der Waals surface area contributed by atoms with Crippen molar-refractivity contribution in [3.8, 4) is 5.75 Å². The van der Waals surface area contributed by atoms with Gasteiger partial charge in [0.1, 0.15) is 5.75 Å². The molecule has 1 amide bonds. The number of aryl methyl sites for hydroxylation is 2. The second-order valence-electron chi connectivity index (χ2n) is 8.52. The number of nitrogens with zero attached hydrogens (tertiary/aromatic N) is 3. The number of amides is 1. The van der Waals surface area contributed by atoms with Gasteiger partial charge in [-0.15, -0.1) is 11.3 Å². The fourth-order valence-electron chi connectivity index (χ4n) is 4.80.